The Bertz CT molecular complexity index is 1220. The number of benzene rings is 1. The number of amides is 1. The van der Waals surface area contributed by atoms with Gasteiger partial charge in [0.2, 0.25) is 0 Å². The van der Waals surface area contributed by atoms with Crippen LogP contribution in [0.3, 0.4) is 0 Å². The van der Waals surface area contributed by atoms with E-state index in [0.717, 1.165) is 54.8 Å². The zero-order valence-electron chi connectivity index (χ0n) is 20.6. The van der Waals surface area contributed by atoms with E-state index in [4.69, 9.17) is 4.74 Å². The molecule has 8 nitrogen and oxygen atoms in total. The molecular formula is C26H33N3O5. The van der Waals surface area contributed by atoms with Gasteiger partial charge in [0.25, 0.3) is 11.5 Å². The number of aromatic nitrogens is 1. The van der Waals surface area contributed by atoms with Crippen molar-refractivity contribution >= 4 is 17.6 Å². The van der Waals surface area contributed by atoms with Crippen molar-refractivity contribution in [3.8, 4) is 16.9 Å². The number of carboxylic acids is 1. The Labute approximate surface area is 199 Å². The minimum Gasteiger partial charge on any atom is -0.490 e. The Hall–Kier alpha value is -3.29. The summed E-state index contributed by atoms with van der Waals surface area (Å²) in [6, 6.07) is 3.77. The molecule has 1 aliphatic carbocycles. The van der Waals surface area contributed by atoms with Crippen LogP contribution < -0.4 is 20.5 Å². The molecular weight excluding hydrogens is 434 g/mol. The molecule has 1 saturated carbocycles. The zero-order valence-corrected chi connectivity index (χ0v) is 20.6. The number of hydrogen-bond donors (Lipinski definition) is 2. The van der Waals surface area contributed by atoms with Crippen LogP contribution in [-0.2, 0) is 18.3 Å². The molecule has 2 aliphatic rings. The van der Waals surface area contributed by atoms with Crippen molar-refractivity contribution in [2.75, 3.05) is 25.1 Å². The average molecular weight is 468 g/mol. The predicted octanol–water partition coefficient (Wildman–Crippen LogP) is 3.19. The first kappa shape index (κ1) is 23.9. The van der Waals surface area contributed by atoms with Crippen molar-refractivity contribution in [2.24, 2.45) is 7.05 Å². The number of anilines is 1. The van der Waals surface area contributed by atoms with Crippen molar-refractivity contribution in [3.63, 3.8) is 0 Å². The number of likely N-dealkylation sites (N-methyl/N-ethyl adjacent to an activating group) is 1. The van der Waals surface area contributed by atoms with Gasteiger partial charge in [0.1, 0.15) is 17.9 Å². The highest BCUT2D eigenvalue weighted by Crippen LogP contribution is 2.41. The summed E-state index contributed by atoms with van der Waals surface area (Å²) in [6.45, 7) is 7.05. The monoisotopic (exact) mass is 467 g/mol. The molecule has 182 valence electrons. The molecule has 34 heavy (non-hydrogen) atoms. The Kier molecular flexibility index (Phi) is 6.18. The van der Waals surface area contributed by atoms with Gasteiger partial charge in [-0.05, 0) is 56.4 Å². The summed E-state index contributed by atoms with van der Waals surface area (Å²) in [5, 5.41) is 12.7. The Balaban J connectivity index is 1.95. The Morgan fingerprint density at radius 2 is 1.82 bits per heavy atom. The summed E-state index contributed by atoms with van der Waals surface area (Å²) in [7, 11) is 3.53. The van der Waals surface area contributed by atoms with E-state index in [1.807, 2.05) is 33.0 Å². The number of hydrogen-bond acceptors (Lipinski definition) is 5. The summed E-state index contributed by atoms with van der Waals surface area (Å²) in [4.78, 5) is 40.6. The highest BCUT2D eigenvalue weighted by molar-refractivity contribution is 5.98. The van der Waals surface area contributed by atoms with Crippen LogP contribution in [-0.4, -0.2) is 47.3 Å². The molecule has 2 N–H and O–H groups in total. The van der Waals surface area contributed by atoms with Gasteiger partial charge in [-0.1, -0.05) is 18.9 Å². The second kappa shape index (κ2) is 8.81. The Morgan fingerprint density at radius 3 is 2.47 bits per heavy atom. The zero-order chi connectivity index (χ0) is 24.8. The third-order valence-electron chi connectivity index (χ3n) is 7.36. The van der Waals surface area contributed by atoms with Gasteiger partial charge >= 0.3 is 5.97 Å². The third kappa shape index (κ3) is 4.06. The highest BCUT2D eigenvalue weighted by atomic mass is 16.5. The predicted molar refractivity (Wildman–Crippen MR) is 131 cm³/mol. The van der Waals surface area contributed by atoms with Crippen LogP contribution in [0.15, 0.2) is 16.9 Å². The lowest BCUT2D eigenvalue weighted by Crippen LogP contribution is -2.46. The smallest absolute Gasteiger partial charge is 0.309 e. The molecule has 0 unspecified atom stereocenters. The number of pyridine rings is 1. The van der Waals surface area contributed by atoms with Crippen LogP contribution in [0.25, 0.3) is 11.1 Å². The maximum atomic E-state index is 13.4. The van der Waals surface area contributed by atoms with E-state index in [1.165, 1.54) is 4.57 Å². The van der Waals surface area contributed by atoms with Crippen LogP contribution >= 0.6 is 0 Å². The van der Waals surface area contributed by atoms with E-state index in [-0.39, 0.29) is 17.5 Å². The molecule has 1 aromatic carbocycles. The van der Waals surface area contributed by atoms with E-state index in [9.17, 15) is 19.5 Å². The molecule has 0 saturated heterocycles. The maximum absolute atomic E-state index is 13.4. The molecule has 8 heteroatoms. The van der Waals surface area contributed by atoms with Crippen LogP contribution in [0.1, 0.15) is 59.8 Å². The number of rotatable bonds is 5. The normalized spacial score (nSPS) is 16.7. The Morgan fingerprint density at radius 1 is 1.15 bits per heavy atom. The minimum atomic E-state index is -1.04. The van der Waals surface area contributed by atoms with Gasteiger partial charge in [-0.25, -0.2) is 0 Å². The van der Waals surface area contributed by atoms with Crippen LogP contribution in [0.4, 0.5) is 5.69 Å². The summed E-state index contributed by atoms with van der Waals surface area (Å²) in [6.07, 6.45) is 3.50. The van der Waals surface area contributed by atoms with E-state index in [2.05, 4.69) is 10.2 Å². The second-order valence-electron chi connectivity index (χ2n) is 9.83. The summed E-state index contributed by atoms with van der Waals surface area (Å²) in [5.41, 5.74) is 3.39. The lowest BCUT2D eigenvalue weighted by Gasteiger charge is -2.31. The largest absolute Gasteiger partial charge is 0.490 e. The van der Waals surface area contributed by atoms with Crippen molar-refractivity contribution in [3.05, 3.63) is 44.9 Å². The van der Waals surface area contributed by atoms with Gasteiger partial charge in [-0.15, -0.1) is 0 Å². The molecule has 2 aromatic rings. The van der Waals surface area contributed by atoms with E-state index in [1.54, 1.807) is 14.0 Å². The van der Waals surface area contributed by atoms with Crippen molar-refractivity contribution < 1.29 is 19.4 Å². The standard InChI is InChI=1S/C26H33N3O5/c1-15-17(8-9-19-23(15)28(4)12-13-34-19)21-16(2)22(24(32)27-26(3)10-6-7-11-26)25(33)29(5)18(21)14-20(30)31/h8-9H,6-7,10-14H2,1-5H3,(H,27,32)(H,30,31). The number of carboxylic acid groups (broad SMARTS) is 1. The lowest BCUT2D eigenvalue weighted by molar-refractivity contribution is -0.136. The number of carbonyl (C=O) groups is 2. The van der Waals surface area contributed by atoms with Gasteiger partial charge in [-0.3, -0.25) is 14.4 Å². The van der Waals surface area contributed by atoms with Crippen molar-refractivity contribution in [1.29, 1.82) is 0 Å². The van der Waals surface area contributed by atoms with E-state index < -0.39 is 17.4 Å². The summed E-state index contributed by atoms with van der Waals surface area (Å²) < 4.78 is 7.15. The minimum absolute atomic E-state index is 0.0708. The third-order valence-corrected chi connectivity index (χ3v) is 7.36. The molecule has 1 aliphatic heterocycles. The average Bonchev–Trinajstić information content (AvgIpc) is 3.18. The molecule has 1 fully saturated rings. The lowest BCUT2D eigenvalue weighted by atomic mass is 9.89. The number of fused-ring (bicyclic) bond motifs is 1. The van der Waals surface area contributed by atoms with Gasteiger partial charge in [0.15, 0.2) is 0 Å². The molecule has 1 aromatic heterocycles. The molecule has 1 amide bonds. The number of aliphatic carboxylic acids is 1. The van der Waals surface area contributed by atoms with Crippen LogP contribution in [0.5, 0.6) is 5.75 Å². The fourth-order valence-electron chi connectivity index (χ4n) is 5.49. The van der Waals surface area contributed by atoms with Crippen LogP contribution in [0, 0.1) is 13.8 Å². The summed E-state index contributed by atoms with van der Waals surface area (Å²) >= 11 is 0. The highest BCUT2D eigenvalue weighted by Gasteiger charge is 2.33. The molecule has 2 heterocycles. The number of ether oxygens (including phenoxy) is 1. The second-order valence-corrected chi connectivity index (χ2v) is 9.83. The molecule has 4 rings (SSSR count). The fourth-order valence-corrected chi connectivity index (χ4v) is 5.49. The fraction of sp³-hybridized carbons (Fsp3) is 0.500. The molecule has 0 radical (unpaired) electrons. The topological polar surface area (TPSA) is 101 Å². The first-order chi connectivity index (χ1) is 16.0. The van der Waals surface area contributed by atoms with Gasteiger partial charge in [0.05, 0.1) is 18.7 Å². The van der Waals surface area contributed by atoms with Crippen molar-refractivity contribution in [1.82, 2.24) is 9.88 Å². The van der Waals surface area contributed by atoms with E-state index in [0.29, 0.717) is 23.4 Å². The summed E-state index contributed by atoms with van der Waals surface area (Å²) in [5.74, 6) is -0.673. The van der Waals surface area contributed by atoms with Crippen molar-refractivity contribution in [2.45, 2.75) is 58.4 Å². The maximum Gasteiger partial charge on any atom is 0.309 e. The van der Waals surface area contributed by atoms with Gasteiger partial charge in [-0.2, -0.15) is 0 Å². The van der Waals surface area contributed by atoms with Gasteiger partial charge < -0.3 is 24.6 Å². The molecule has 0 bridgehead atoms. The molecule has 0 atom stereocenters. The quantitative estimate of drug-likeness (QED) is 0.701. The SMILES string of the molecule is Cc1c(-c2c(C)c(C(=O)NC3(C)CCCC3)c(=O)n(C)c2CC(=O)O)ccc2c1N(C)CCO2. The molecule has 0 spiro atoms. The van der Waals surface area contributed by atoms with E-state index >= 15 is 0 Å². The number of carbonyl (C=O) groups excluding carboxylic acids is 1. The number of nitrogens with zero attached hydrogens (tertiary/aromatic N) is 2. The van der Waals surface area contributed by atoms with Crippen LogP contribution in [0.2, 0.25) is 0 Å². The first-order valence-corrected chi connectivity index (χ1v) is 11.8. The van der Waals surface area contributed by atoms with Gasteiger partial charge in [0, 0.05) is 30.9 Å². The first-order valence-electron chi connectivity index (χ1n) is 11.8. The number of nitrogens with one attached hydrogen (secondary N) is 1.